The summed E-state index contributed by atoms with van der Waals surface area (Å²) in [5.74, 6) is 1.60. The minimum Gasteiger partial charge on any atom is -0.314 e. The molecule has 2 aliphatic rings. The highest BCUT2D eigenvalue weighted by molar-refractivity contribution is 5.13. The van der Waals surface area contributed by atoms with E-state index in [-0.39, 0.29) is 0 Å². The first kappa shape index (κ1) is 10.3. The SMILES string of the molecule is C[C@@H]1CCC(c2cnn(CC3CC3)c2)CN1. The minimum atomic E-state index is 0.684. The minimum absolute atomic E-state index is 0.684. The van der Waals surface area contributed by atoms with Crippen molar-refractivity contribution in [1.82, 2.24) is 15.1 Å². The van der Waals surface area contributed by atoms with Crippen molar-refractivity contribution < 1.29 is 0 Å². The Hall–Kier alpha value is -0.830. The molecule has 0 aromatic carbocycles. The quantitative estimate of drug-likeness (QED) is 0.844. The summed E-state index contributed by atoms with van der Waals surface area (Å²) in [6.45, 7) is 4.53. The van der Waals surface area contributed by atoms with Crippen LogP contribution in [0.25, 0.3) is 0 Å². The molecule has 0 spiro atoms. The molecular weight excluding hydrogens is 198 g/mol. The first-order valence-electron chi connectivity index (χ1n) is 6.57. The molecule has 0 amide bonds. The summed E-state index contributed by atoms with van der Waals surface area (Å²) in [4.78, 5) is 0. The summed E-state index contributed by atoms with van der Waals surface area (Å²) in [7, 11) is 0. The topological polar surface area (TPSA) is 29.9 Å². The van der Waals surface area contributed by atoms with E-state index < -0.39 is 0 Å². The Bertz CT molecular complexity index is 346. The van der Waals surface area contributed by atoms with Crippen LogP contribution in [0.5, 0.6) is 0 Å². The predicted octanol–water partition coefficient (Wildman–Crippen LogP) is 2.15. The van der Waals surface area contributed by atoms with Crippen LogP contribution in [-0.2, 0) is 6.54 Å². The molecule has 1 aromatic rings. The number of hydrogen-bond donors (Lipinski definition) is 1. The average molecular weight is 219 g/mol. The van der Waals surface area contributed by atoms with E-state index in [2.05, 4.69) is 34.4 Å². The number of rotatable bonds is 3. The maximum Gasteiger partial charge on any atom is 0.0525 e. The van der Waals surface area contributed by atoms with Crippen LogP contribution in [0, 0.1) is 5.92 Å². The lowest BCUT2D eigenvalue weighted by molar-refractivity contribution is 0.385. The van der Waals surface area contributed by atoms with E-state index in [1.807, 2.05) is 0 Å². The summed E-state index contributed by atoms with van der Waals surface area (Å²) < 4.78 is 2.14. The Balaban J connectivity index is 1.62. The molecule has 1 saturated carbocycles. The van der Waals surface area contributed by atoms with E-state index >= 15 is 0 Å². The maximum absolute atomic E-state index is 4.48. The fraction of sp³-hybridized carbons (Fsp3) is 0.769. The third-order valence-electron chi connectivity index (χ3n) is 3.93. The van der Waals surface area contributed by atoms with E-state index in [0.29, 0.717) is 12.0 Å². The molecule has 0 bridgehead atoms. The van der Waals surface area contributed by atoms with Crippen LogP contribution >= 0.6 is 0 Å². The van der Waals surface area contributed by atoms with Gasteiger partial charge in [-0.3, -0.25) is 4.68 Å². The summed E-state index contributed by atoms with van der Waals surface area (Å²) in [6.07, 6.45) is 9.74. The molecule has 1 N–H and O–H groups in total. The summed E-state index contributed by atoms with van der Waals surface area (Å²) >= 11 is 0. The van der Waals surface area contributed by atoms with E-state index in [0.717, 1.165) is 19.0 Å². The van der Waals surface area contributed by atoms with Gasteiger partial charge in [-0.25, -0.2) is 0 Å². The molecule has 3 rings (SSSR count). The fourth-order valence-electron chi connectivity index (χ4n) is 2.54. The highest BCUT2D eigenvalue weighted by Crippen LogP contribution is 2.31. The first-order chi connectivity index (χ1) is 7.81. The molecular formula is C13H21N3. The van der Waals surface area contributed by atoms with E-state index in [4.69, 9.17) is 0 Å². The van der Waals surface area contributed by atoms with Crippen molar-refractivity contribution in [2.75, 3.05) is 6.54 Å². The molecule has 3 heteroatoms. The molecule has 3 nitrogen and oxygen atoms in total. The number of nitrogens with zero attached hydrogens (tertiary/aromatic N) is 2. The average Bonchev–Trinajstić information content (AvgIpc) is 2.97. The van der Waals surface area contributed by atoms with Crippen LogP contribution in [0.4, 0.5) is 0 Å². The highest BCUT2D eigenvalue weighted by atomic mass is 15.3. The third-order valence-corrected chi connectivity index (χ3v) is 3.93. The van der Waals surface area contributed by atoms with Crippen molar-refractivity contribution in [1.29, 1.82) is 0 Å². The molecule has 1 unspecified atom stereocenters. The summed E-state index contributed by atoms with van der Waals surface area (Å²) in [5, 5.41) is 8.04. The van der Waals surface area contributed by atoms with Gasteiger partial charge in [-0.05, 0) is 50.0 Å². The number of aromatic nitrogens is 2. The Morgan fingerprint density at radius 3 is 2.94 bits per heavy atom. The van der Waals surface area contributed by atoms with Crippen LogP contribution in [0.1, 0.15) is 44.1 Å². The van der Waals surface area contributed by atoms with Crippen molar-refractivity contribution in [3.8, 4) is 0 Å². The van der Waals surface area contributed by atoms with Crippen molar-refractivity contribution in [2.45, 2.75) is 51.1 Å². The molecule has 16 heavy (non-hydrogen) atoms. The number of hydrogen-bond acceptors (Lipinski definition) is 2. The number of piperidine rings is 1. The normalized spacial score (nSPS) is 30.6. The molecule has 1 aromatic heterocycles. The molecule has 1 saturated heterocycles. The zero-order valence-electron chi connectivity index (χ0n) is 10.0. The van der Waals surface area contributed by atoms with Crippen molar-refractivity contribution in [3.63, 3.8) is 0 Å². The Morgan fingerprint density at radius 2 is 2.25 bits per heavy atom. The Morgan fingerprint density at radius 1 is 1.38 bits per heavy atom. The lowest BCUT2D eigenvalue weighted by Gasteiger charge is -2.26. The van der Waals surface area contributed by atoms with Crippen LogP contribution in [0.3, 0.4) is 0 Å². The Kier molecular flexibility index (Phi) is 2.72. The zero-order valence-corrected chi connectivity index (χ0v) is 10.0. The van der Waals surface area contributed by atoms with Gasteiger partial charge < -0.3 is 5.32 Å². The highest BCUT2D eigenvalue weighted by Gasteiger charge is 2.23. The van der Waals surface area contributed by atoms with Crippen molar-refractivity contribution >= 4 is 0 Å². The second-order valence-electron chi connectivity index (χ2n) is 5.52. The molecule has 88 valence electrons. The van der Waals surface area contributed by atoms with Gasteiger partial charge in [0.2, 0.25) is 0 Å². The van der Waals surface area contributed by atoms with Crippen LogP contribution in [-0.4, -0.2) is 22.4 Å². The van der Waals surface area contributed by atoms with Gasteiger partial charge in [-0.2, -0.15) is 5.10 Å². The van der Waals surface area contributed by atoms with Crippen LogP contribution in [0.2, 0.25) is 0 Å². The van der Waals surface area contributed by atoms with Gasteiger partial charge >= 0.3 is 0 Å². The maximum atomic E-state index is 4.48. The zero-order chi connectivity index (χ0) is 11.0. The number of nitrogens with one attached hydrogen (secondary N) is 1. The standard InChI is InChI=1S/C13H21N3/c1-10-2-5-12(6-14-10)13-7-15-16(9-13)8-11-3-4-11/h7,9-12,14H,2-6,8H2,1H3/t10-,12?/m1/s1. The van der Waals surface area contributed by atoms with Crippen molar-refractivity contribution in [2.24, 2.45) is 5.92 Å². The van der Waals surface area contributed by atoms with Gasteiger partial charge in [0.15, 0.2) is 0 Å². The molecule has 0 radical (unpaired) electrons. The second-order valence-corrected chi connectivity index (χ2v) is 5.52. The lowest BCUT2D eigenvalue weighted by atomic mass is 9.91. The van der Waals surface area contributed by atoms with Crippen molar-refractivity contribution in [3.05, 3.63) is 18.0 Å². The predicted molar refractivity (Wildman–Crippen MR) is 64.4 cm³/mol. The van der Waals surface area contributed by atoms with E-state index in [1.165, 1.54) is 31.2 Å². The fourth-order valence-corrected chi connectivity index (χ4v) is 2.54. The van der Waals surface area contributed by atoms with Gasteiger partial charge in [-0.1, -0.05) is 0 Å². The molecule has 2 heterocycles. The van der Waals surface area contributed by atoms with Gasteiger partial charge in [0, 0.05) is 25.3 Å². The molecule has 2 atom stereocenters. The van der Waals surface area contributed by atoms with E-state index in [9.17, 15) is 0 Å². The van der Waals surface area contributed by atoms with Crippen LogP contribution < -0.4 is 5.32 Å². The molecule has 1 aliphatic heterocycles. The van der Waals surface area contributed by atoms with Crippen LogP contribution in [0.15, 0.2) is 12.4 Å². The van der Waals surface area contributed by atoms with Gasteiger partial charge in [0.05, 0.1) is 6.20 Å². The smallest absolute Gasteiger partial charge is 0.0525 e. The van der Waals surface area contributed by atoms with E-state index in [1.54, 1.807) is 0 Å². The molecule has 2 fully saturated rings. The summed E-state index contributed by atoms with van der Waals surface area (Å²) in [6, 6.07) is 0.692. The first-order valence-corrected chi connectivity index (χ1v) is 6.57. The second kappa shape index (κ2) is 4.21. The van der Waals surface area contributed by atoms with Gasteiger partial charge in [0.25, 0.3) is 0 Å². The Labute approximate surface area is 97.2 Å². The summed E-state index contributed by atoms with van der Waals surface area (Å²) in [5.41, 5.74) is 1.43. The lowest BCUT2D eigenvalue weighted by Crippen LogP contribution is -2.35. The largest absolute Gasteiger partial charge is 0.314 e. The molecule has 1 aliphatic carbocycles. The van der Waals surface area contributed by atoms with Gasteiger partial charge in [0.1, 0.15) is 0 Å². The monoisotopic (exact) mass is 219 g/mol. The van der Waals surface area contributed by atoms with Gasteiger partial charge in [-0.15, -0.1) is 0 Å². The third kappa shape index (κ3) is 2.29.